The third-order valence-electron chi connectivity index (χ3n) is 2.18. The second-order valence-electron chi connectivity index (χ2n) is 3.13. The van der Waals surface area contributed by atoms with Crippen LogP contribution in [-0.2, 0) is 4.79 Å². The molecule has 0 spiro atoms. The van der Waals surface area contributed by atoms with Crippen LogP contribution in [0.2, 0.25) is 0 Å². The Hall–Kier alpha value is -1.90. The number of fused-ring (bicyclic) bond motifs is 1. The highest BCUT2D eigenvalue weighted by Gasteiger charge is 2.15. The Balaban J connectivity index is 2.38. The maximum Gasteiger partial charge on any atom is 0.245 e. The molecule has 14 heavy (non-hydrogen) atoms. The van der Waals surface area contributed by atoms with Gasteiger partial charge in [-0.25, -0.2) is 0 Å². The van der Waals surface area contributed by atoms with Crippen molar-refractivity contribution in [3.8, 4) is 0 Å². The first-order valence-corrected chi connectivity index (χ1v) is 4.38. The molecule has 2 rings (SSSR count). The highest BCUT2D eigenvalue weighted by Crippen LogP contribution is 2.18. The zero-order chi connectivity index (χ0) is 9.97. The van der Waals surface area contributed by atoms with Gasteiger partial charge in [0.2, 0.25) is 5.91 Å². The van der Waals surface area contributed by atoms with Crippen molar-refractivity contribution >= 4 is 11.6 Å². The molecule has 1 aliphatic carbocycles. The van der Waals surface area contributed by atoms with Crippen molar-refractivity contribution in [3.05, 3.63) is 47.7 Å². The third-order valence-corrected chi connectivity index (χ3v) is 2.18. The van der Waals surface area contributed by atoms with Crippen LogP contribution >= 0.6 is 0 Å². The molecule has 0 aromatic rings. The fraction of sp³-hybridized carbons (Fsp3) is 0.0909. The van der Waals surface area contributed by atoms with Crippen molar-refractivity contribution < 1.29 is 4.79 Å². The molecular weight excluding hydrogens is 176 g/mol. The van der Waals surface area contributed by atoms with E-state index < -0.39 is 0 Å². The van der Waals surface area contributed by atoms with Gasteiger partial charge in [0, 0.05) is 18.2 Å². The molecule has 2 N–H and O–H groups in total. The lowest BCUT2D eigenvalue weighted by Crippen LogP contribution is -2.19. The van der Waals surface area contributed by atoms with Crippen LogP contribution in [0.3, 0.4) is 0 Å². The standard InChI is InChI=1S/C11H10N2O/c12-11(14)9-5-4-8-3-1-2-6-13-10(8)7-9/h1-6H,7H2,(H2,12,14). The topological polar surface area (TPSA) is 55.5 Å². The van der Waals surface area contributed by atoms with Gasteiger partial charge in [-0.15, -0.1) is 0 Å². The first kappa shape index (κ1) is 8.69. The van der Waals surface area contributed by atoms with E-state index in [0.29, 0.717) is 12.0 Å². The Labute approximate surface area is 82.0 Å². The summed E-state index contributed by atoms with van der Waals surface area (Å²) in [5.41, 5.74) is 7.74. The smallest absolute Gasteiger partial charge is 0.245 e. The van der Waals surface area contributed by atoms with E-state index in [4.69, 9.17) is 5.73 Å². The SMILES string of the molecule is NC(=O)C1=CC=C2C=CC=CN=C2C1. The fourth-order valence-corrected chi connectivity index (χ4v) is 1.41. The monoisotopic (exact) mass is 186 g/mol. The largest absolute Gasteiger partial charge is 0.366 e. The number of nitrogens with two attached hydrogens (primary N) is 1. The summed E-state index contributed by atoms with van der Waals surface area (Å²) in [5.74, 6) is -0.375. The Bertz CT molecular complexity index is 423. The molecule has 0 fully saturated rings. The minimum absolute atomic E-state index is 0.375. The summed E-state index contributed by atoms with van der Waals surface area (Å²) in [5, 5.41) is 0. The van der Waals surface area contributed by atoms with Gasteiger partial charge in [-0.2, -0.15) is 0 Å². The van der Waals surface area contributed by atoms with E-state index in [0.717, 1.165) is 11.3 Å². The quantitative estimate of drug-likeness (QED) is 0.658. The molecule has 0 aromatic heterocycles. The van der Waals surface area contributed by atoms with Crippen LogP contribution in [-0.4, -0.2) is 11.6 Å². The molecule has 2 aliphatic rings. The lowest BCUT2D eigenvalue weighted by atomic mass is 9.95. The molecule has 0 unspecified atom stereocenters. The first-order chi connectivity index (χ1) is 6.77. The van der Waals surface area contributed by atoms with Crippen LogP contribution in [0, 0.1) is 0 Å². The maximum absolute atomic E-state index is 10.9. The van der Waals surface area contributed by atoms with Crippen LogP contribution in [0.25, 0.3) is 0 Å². The Morgan fingerprint density at radius 3 is 3.00 bits per heavy atom. The summed E-state index contributed by atoms with van der Waals surface area (Å²) >= 11 is 0. The number of carbonyl (C=O) groups excluding carboxylic acids is 1. The third kappa shape index (κ3) is 1.57. The van der Waals surface area contributed by atoms with Crippen molar-refractivity contribution in [2.45, 2.75) is 6.42 Å². The summed E-state index contributed by atoms with van der Waals surface area (Å²) in [6.45, 7) is 0. The lowest BCUT2D eigenvalue weighted by molar-refractivity contribution is -0.114. The minimum atomic E-state index is -0.375. The fourth-order valence-electron chi connectivity index (χ4n) is 1.41. The van der Waals surface area contributed by atoms with E-state index in [2.05, 4.69) is 4.99 Å². The molecule has 0 bridgehead atoms. The van der Waals surface area contributed by atoms with Gasteiger partial charge in [0.05, 0.1) is 5.71 Å². The van der Waals surface area contributed by atoms with Crippen LogP contribution in [0.15, 0.2) is 52.7 Å². The average molecular weight is 186 g/mol. The number of allylic oxidation sites excluding steroid dienone is 6. The van der Waals surface area contributed by atoms with Gasteiger partial charge in [-0.1, -0.05) is 24.3 Å². The van der Waals surface area contributed by atoms with E-state index in [1.54, 1.807) is 12.3 Å². The van der Waals surface area contributed by atoms with Crippen LogP contribution < -0.4 is 5.73 Å². The van der Waals surface area contributed by atoms with E-state index in [-0.39, 0.29) is 5.91 Å². The van der Waals surface area contributed by atoms with Crippen LogP contribution in [0.4, 0.5) is 0 Å². The van der Waals surface area contributed by atoms with Gasteiger partial charge in [0.25, 0.3) is 0 Å². The van der Waals surface area contributed by atoms with Gasteiger partial charge >= 0.3 is 0 Å². The number of carbonyl (C=O) groups is 1. The number of nitrogens with zero attached hydrogens (tertiary/aromatic N) is 1. The maximum atomic E-state index is 10.9. The molecule has 0 radical (unpaired) electrons. The highest BCUT2D eigenvalue weighted by molar-refractivity contribution is 6.11. The zero-order valence-electron chi connectivity index (χ0n) is 7.60. The second kappa shape index (κ2) is 3.46. The molecule has 0 atom stereocenters. The predicted molar refractivity (Wildman–Crippen MR) is 55.7 cm³/mol. The number of hydrogen-bond donors (Lipinski definition) is 1. The predicted octanol–water partition coefficient (Wildman–Crippen LogP) is 1.25. The summed E-state index contributed by atoms with van der Waals surface area (Å²) in [6, 6.07) is 0. The number of rotatable bonds is 1. The van der Waals surface area contributed by atoms with E-state index in [1.165, 1.54) is 0 Å². The highest BCUT2D eigenvalue weighted by atomic mass is 16.1. The molecule has 1 aliphatic heterocycles. The van der Waals surface area contributed by atoms with Gasteiger partial charge in [-0.05, 0) is 11.6 Å². The van der Waals surface area contributed by atoms with Crippen LogP contribution in [0.5, 0.6) is 0 Å². The van der Waals surface area contributed by atoms with Crippen molar-refractivity contribution in [1.82, 2.24) is 0 Å². The van der Waals surface area contributed by atoms with Gasteiger partial charge in [0.15, 0.2) is 0 Å². The van der Waals surface area contributed by atoms with Crippen molar-refractivity contribution in [2.24, 2.45) is 10.7 Å². The lowest BCUT2D eigenvalue weighted by Gasteiger charge is -2.11. The molecule has 0 aromatic carbocycles. The molecule has 1 amide bonds. The van der Waals surface area contributed by atoms with Crippen LogP contribution in [0.1, 0.15) is 6.42 Å². The number of aliphatic imine (C=N–C) groups is 1. The summed E-state index contributed by atoms with van der Waals surface area (Å²) in [7, 11) is 0. The Kier molecular flexibility index (Phi) is 2.14. The molecule has 3 nitrogen and oxygen atoms in total. The van der Waals surface area contributed by atoms with Crippen molar-refractivity contribution in [2.75, 3.05) is 0 Å². The molecule has 0 saturated heterocycles. The van der Waals surface area contributed by atoms with Gasteiger partial charge in [-0.3, -0.25) is 9.79 Å². The summed E-state index contributed by atoms with van der Waals surface area (Å²) in [4.78, 5) is 15.2. The van der Waals surface area contributed by atoms with E-state index in [1.807, 2.05) is 24.3 Å². The number of primary amides is 1. The molecular formula is C11H10N2O. The molecule has 3 heteroatoms. The summed E-state index contributed by atoms with van der Waals surface area (Å²) in [6.07, 6.45) is 11.6. The van der Waals surface area contributed by atoms with Crippen molar-refractivity contribution in [3.63, 3.8) is 0 Å². The Morgan fingerprint density at radius 1 is 1.36 bits per heavy atom. The number of hydrogen-bond acceptors (Lipinski definition) is 2. The van der Waals surface area contributed by atoms with E-state index >= 15 is 0 Å². The summed E-state index contributed by atoms with van der Waals surface area (Å²) < 4.78 is 0. The van der Waals surface area contributed by atoms with Gasteiger partial charge in [0.1, 0.15) is 0 Å². The van der Waals surface area contributed by atoms with Crippen molar-refractivity contribution in [1.29, 1.82) is 0 Å². The normalized spacial score (nSPS) is 19.0. The average Bonchev–Trinajstić information content (AvgIpc) is 2.41. The second-order valence-corrected chi connectivity index (χ2v) is 3.13. The number of amides is 1. The van der Waals surface area contributed by atoms with Gasteiger partial charge < -0.3 is 5.73 Å². The molecule has 0 saturated carbocycles. The molecule has 1 heterocycles. The Morgan fingerprint density at radius 2 is 2.21 bits per heavy atom. The zero-order valence-corrected chi connectivity index (χ0v) is 7.60. The minimum Gasteiger partial charge on any atom is -0.366 e. The first-order valence-electron chi connectivity index (χ1n) is 4.38. The van der Waals surface area contributed by atoms with E-state index in [9.17, 15) is 4.79 Å². The molecule has 70 valence electrons.